The highest BCUT2D eigenvalue weighted by Gasteiger charge is 2.49. The summed E-state index contributed by atoms with van der Waals surface area (Å²) in [7, 11) is 0. The highest BCUT2D eigenvalue weighted by Crippen LogP contribution is 2.51. The van der Waals surface area contributed by atoms with Gasteiger partial charge in [0.25, 0.3) is 6.71 Å². The zero-order valence-electron chi connectivity index (χ0n) is 29.9. The molecule has 0 saturated carbocycles. The maximum atomic E-state index is 8.95. The van der Waals surface area contributed by atoms with Gasteiger partial charge in [0.1, 0.15) is 13.5 Å². The van der Waals surface area contributed by atoms with Crippen LogP contribution in [0.2, 0.25) is 0 Å². The lowest BCUT2D eigenvalue weighted by Crippen LogP contribution is -2.65. The number of hydrogen-bond acceptors (Lipinski definition) is 3. The van der Waals surface area contributed by atoms with E-state index in [0.717, 1.165) is 35.5 Å². The van der Waals surface area contributed by atoms with E-state index in [2.05, 4.69) is 129 Å². The summed E-state index contributed by atoms with van der Waals surface area (Å²) < 4.78 is 8.95. The van der Waals surface area contributed by atoms with Crippen LogP contribution in [0.15, 0.2) is 60.9 Å². The van der Waals surface area contributed by atoms with Crippen LogP contribution < -0.4 is 21.3 Å². The molecule has 0 fully saturated rings. The number of fused-ring (bicyclic) bond motifs is 6. The molecule has 4 heteroatoms. The van der Waals surface area contributed by atoms with Crippen molar-refractivity contribution in [2.24, 2.45) is 0 Å². The van der Waals surface area contributed by atoms with Crippen LogP contribution >= 0.6 is 0 Å². The van der Waals surface area contributed by atoms with Gasteiger partial charge in [-0.2, -0.15) is 0 Å². The third kappa shape index (κ3) is 3.90. The first-order valence-corrected chi connectivity index (χ1v) is 17.1. The molecule has 4 aromatic rings. The van der Waals surface area contributed by atoms with E-state index in [0.29, 0.717) is 0 Å². The van der Waals surface area contributed by atoms with Gasteiger partial charge >= 0.3 is 0 Å². The predicted octanol–water partition coefficient (Wildman–Crippen LogP) is 8.11. The molecule has 8 rings (SSSR count). The molecule has 45 heavy (non-hydrogen) atoms. The standard InChI is InChI=1S/C41H48BN3/c1-37(2)17-18-38(3,4)28-21-25(15-16-26(28)37)45-33-23-30-29(39(5,6)19-20-40(30,7)8)22-32(33)42-31-14-12-11-13-27(31)41(9,10)35-34(42)36(45)44-24-43-35/h11-16,21-24H,17-20H2,1-10H3/i24D. The van der Waals surface area contributed by atoms with Crippen molar-refractivity contribution in [3.63, 3.8) is 0 Å². The Bertz CT molecular complexity index is 1970. The molecule has 1 aromatic heterocycles. The molecule has 0 saturated heterocycles. The van der Waals surface area contributed by atoms with E-state index in [4.69, 9.17) is 11.3 Å². The molecule has 3 nitrogen and oxygen atoms in total. The van der Waals surface area contributed by atoms with Crippen LogP contribution in [0, 0.1) is 0 Å². The lowest BCUT2D eigenvalue weighted by Gasteiger charge is -2.47. The maximum Gasteiger partial charge on any atom is 0.251 e. The van der Waals surface area contributed by atoms with Gasteiger partial charge in [0.05, 0.1) is 5.69 Å². The van der Waals surface area contributed by atoms with Gasteiger partial charge in [0, 0.05) is 16.8 Å². The lowest BCUT2D eigenvalue weighted by molar-refractivity contribution is 0.332. The third-order valence-electron chi connectivity index (χ3n) is 12.5. The van der Waals surface area contributed by atoms with E-state index < -0.39 is 0 Å². The molecule has 2 aliphatic carbocycles. The van der Waals surface area contributed by atoms with Gasteiger partial charge in [0.15, 0.2) is 0 Å². The molecule has 2 aliphatic heterocycles. The Morgan fingerprint density at radius 1 is 0.622 bits per heavy atom. The Balaban J connectivity index is 1.49. The molecular weight excluding hydrogens is 545 g/mol. The molecule has 4 aliphatic rings. The molecule has 0 unspecified atom stereocenters. The first-order chi connectivity index (χ1) is 21.4. The summed E-state index contributed by atoms with van der Waals surface area (Å²) in [5, 5.41) is 0. The van der Waals surface area contributed by atoms with Gasteiger partial charge < -0.3 is 0 Å². The summed E-state index contributed by atoms with van der Waals surface area (Å²) in [6.45, 7) is 23.8. The molecule has 230 valence electrons. The fraction of sp³-hybridized carbons (Fsp3) is 0.463. The predicted molar refractivity (Wildman–Crippen MR) is 191 cm³/mol. The second-order valence-corrected chi connectivity index (χ2v) is 17.6. The van der Waals surface area contributed by atoms with E-state index in [9.17, 15) is 0 Å². The summed E-state index contributed by atoms with van der Waals surface area (Å²) in [6.07, 6.45) is 4.78. The molecule has 3 aromatic carbocycles. The van der Waals surface area contributed by atoms with E-state index in [1.807, 2.05) is 0 Å². The van der Waals surface area contributed by atoms with Gasteiger partial charge in [-0.05, 0) is 104 Å². The van der Waals surface area contributed by atoms with Crippen LogP contribution in [0.1, 0.15) is 130 Å². The molecule has 0 N–H and O–H groups in total. The quantitative estimate of drug-likeness (QED) is 0.184. The van der Waals surface area contributed by atoms with E-state index >= 15 is 0 Å². The van der Waals surface area contributed by atoms with Gasteiger partial charge in [-0.3, -0.25) is 4.90 Å². The van der Waals surface area contributed by atoms with Crippen molar-refractivity contribution in [1.29, 1.82) is 0 Å². The van der Waals surface area contributed by atoms with E-state index in [1.165, 1.54) is 57.3 Å². The Kier molecular flexibility index (Phi) is 5.51. The number of benzene rings is 3. The van der Waals surface area contributed by atoms with Gasteiger partial charge in [-0.25, -0.2) is 9.97 Å². The zero-order chi connectivity index (χ0) is 32.8. The largest absolute Gasteiger partial charge is 0.296 e. The minimum absolute atomic E-state index is 0.0141. The Morgan fingerprint density at radius 3 is 1.87 bits per heavy atom. The summed E-state index contributed by atoms with van der Waals surface area (Å²) in [6, 6.07) is 21.2. The number of hydrogen-bond donors (Lipinski definition) is 0. The summed E-state index contributed by atoms with van der Waals surface area (Å²) >= 11 is 0. The summed E-state index contributed by atoms with van der Waals surface area (Å²) in [5.41, 5.74) is 14.3. The average molecular weight is 595 g/mol. The first-order valence-electron chi connectivity index (χ1n) is 17.6. The second kappa shape index (κ2) is 8.90. The number of nitrogens with zero attached hydrogens (tertiary/aromatic N) is 3. The van der Waals surface area contributed by atoms with E-state index in [-0.39, 0.29) is 40.1 Å². The van der Waals surface area contributed by atoms with Crippen molar-refractivity contribution < 1.29 is 1.37 Å². The number of aromatic nitrogens is 2. The van der Waals surface area contributed by atoms with Crippen molar-refractivity contribution in [2.75, 3.05) is 4.90 Å². The van der Waals surface area contributed by atoms with Crippen LogP contribution in [0.5, 0.6) is 0 Å². The summed E-state index contributed by atoms with van der Waals surface area (Å²) in [4.78, 5) is 12.4. The third-order valence-corrected chi connectivity index (χ3v) is 12.5. The van der Waals surface area contributed by atoms with Crippen molar-refractivity contribution >= 4 is 40.3 Å². The van der Waals surface area contributed by atoms with Crippen molar-refractivity contribution in [2.45, 2.75) is 122 Å². The van der Waals surface area contributed by atoms with Crippen molar-refractivity contribution in [1.82, 2.24) is 9.97 Å². The first kappa shape index (κ1) is 27.9. The molecular formula is C41H48BN3. The number of anilines is 3. The van der Waals surface area contributed by atoms with Crippen LogP contribution in [0.3, 0.4) is 0 Å². The zero-order valence-corrected chi connectivity index (χ0v) is 28.9. The van der Waals surface area contributed by atoms with Crippen LogP contribution in [0.4, 0.5) is 17.2 Å². The van der Waals surface area contributed by atoms with Gasteiger partial charge in [-0.15, -0.1) is 0 Å². The smallest absolute Gasteiger partial charge is 0.251 e. The minimum atomic E-state index is -0.351. The lowest BCUT2D eigenvalue weighted by atomic mass is 9.30. The van der Waals surface area contributed by atoms with E-state index in [1.54, 1.807) is 0 Å². The highest BCUT2D eigenvalue weighted by atomic mass is 15.2. The fourth-order valence-electron chi connectivity index (χ4n) is 9.32. The van der Waals surface area contributed by atoms with Gasteiger partial charge in [0.2, 0.25) is 0 Å². The van der Waals surface area contributed by atoms with Crippen molar-refractivity contribution in [3.8, 4) is 0 Å². The highest BCUT2D eigenvalue weighted by molar-refractivity contribution is 6.98. The monoisotopic (exact) mass is 594 g/mol. The Hall–Kier alpha value is -3.40. The average Bonchev–Trinajstić information content (AvgIpc) is 2.99. The molecule has 0 radical (unpaired) electrons. The van der Waals surface area contributed by atoms with Crippen LogP contribution in [0.25, 0.3) is 0 Å². The normalized spacial score (nSPS) is 22.3. The second-order valence-electron chi connectivity index (χ2n) is 17.6. The fourth-order valence-corrected chi connectivity index (χ4v) is 9.32. The van der Waals surface area contributed by atoms with Crippen LogP contribution in [-0.2, 0) is 27.1 Å². The topological polar surface area (TPSA) is 29.0 Å². The van der Waals surface area contributed by atoms with Gasteiger partial charge in [-0.1, -0.05) is 111 Å². The summed E-state index contributed by atoms with van der Waals surface area (Å²) in [5.74, 6) is 0.871. The van der Waals surface area contributed by atoms with Crippen molar-refractivity contribution in [3.05, 3.63) is 94.4 Å². The maximum absolute atomic E-state index is 8.95. The molecule has 3 heterocycles. The molecule has 0 amide bonds. The van der Waals surface area contributed by atoms with Crippen LogP contribution in [-0.4, -0.2) is 16.7 Å². The Labute approximate surface area is 272 Å². The minimum Gasteiger partial charge on any atom is -0.296 e. The molecule has 0 atom stereocenters. The Morgan fingerprint density at radius 2 is 1.20 bits per heavy atom. The molecule has 0 spiro atoms. The SMILES string of the molecule is [2H]c1nc2c3c(n1)C(C)(C)c1ccccc1B3c1cc3c(cc1N2c1ccc2c(c1)C(C)(C)CCC2(C)C)C(C)(C)CCC3(C)C. The number of rotatable bonds is 1. The molecule has 0 bridgehead atoms.